The number of benzene rings is 1. The minimum atomic E-state index is -3.34. The lowest BCUT2D eigenvalue weighted by molar-refractivity contribution is 0.521. The molecule has 1 aromatic carbocycles. The maximum absolute atomic E-state index is 11.9. The molecule has 19 heavy (non-hydrogen) atoms. The second-order valence-corrected chi connectivity index (χ2v) is 6.55. The van der Waals surface area contributed by atoms with E-state index in [9.17, 15) is 8.42 Å². The van der Waals surface area contributed by atoms with Crippen molar-refractivity contribution in [1.82, 2.24) is 4.31 Å². The molecule has 1 N–H and O–H groups in total. The molecule has 1 rings (SSSR count). The SMILES string of the molecule is C#CCCCCNc1ccc(S(=O)(=O)N(C)C)cc1. The van der Waals surface area contributed by atoms with E-state index in [1.54, 1.807) is 24.3 Å². The van der Waals surface area contributed by atoms with Gasteiger partial charge in [-0.25, -0.2) is 12.7 Å². The predicted molar refractivity (Wildman–Crippen MR) is 78.5 cm³/mol. The van der Waals surface area contributed by atoms with Crippen molar-refractivity contribution in [3.8, 4) is 12.3 Å². The molecule has 4 nitrogen and oxygen atoms in total. The summed E-state index contributed by atoms with van der Waals surface area (Å²) in [6.07, 6.45) is 7.96. The van der Waals surface area contributed by atoms with Gasteiger partial charge in [-0.3, -0.25) is 0 Å². The molecule has 0 atom stereocenters. The molecule has 5 heteroatoms. The fourth-order valence-electron chi connectivity index (χ4n) is 1.54. The van der Waals surface area contributed by atoms with Gasteiger partial charge in [-0.2, -0.15) is 0 Å². The van der Waals surface area contributed by atoms with Gasteiger partial charge in [0.1, 0.15) is 0 Å². The van der Waals surface area contributed by atoms with Gasteiger partial charge in [0.25, 0.3) is 0 Å². The molecule has 0 radical (unpaired) electrons. The van der Waals surface area contributed by atoms with Gasteiger partial charge in [-0.05, 0) is 37.1 Å². The van der Waals surface area contributed by atoms with Crippen LogP contribution in [0.5, 0.6) is 0 Å². The van der Waals surface area contributed by atoms with Crippen LogP contribution < -0.4 is 5.32 Å². The second-order valence-electron chi connectivity index (χ2n) is 4.40. The molecule has 0 heterocycles. The third-order valence-corrected chi connectivity index (χ3v) is 4.54. The minimum Gasteiger partial charge on any atom is -0.385 e. The topological polar surface area (TPSA) is 49.4 Å². The molecule has 104 valence electrons. The van der Waals surface area contributed by atoms with Gasteiger partial charge in [0, 0.05) is 32.7 Å². The van der Waals surface area contributed by atoms with Crippen LogP contribution in [0.25, 0.3) is 0 Å². The van der Waals surface area contributed by atoms with Gasteiger partial charge in [0.05, 0.1) is 4.90 Å². The minimum absolute atomic E-state index is 0.301. The van der Waals surface area contributed by atoms with Crippen molar-refractivity contribution in [3.05, 3.63) is 24.3 Å². The first kappa shape index (κ1) is 15.5. The normalized spacial score (nSPS) is 11.3. The van der Waals surface area contributed by atoms with Gasteiger partial charge in [-0.15, -0.1) is 12.3 Å². The Labute approximate surface area is 115 Å². The van der Waals surface area contributed by atoms with Crippen molar-refractivity contribution in [1.29, 1.82) is 0 Å². The first-order valence-corrected chi connectivity index (χ1v) is 7.62. The zero-order chi connectivity index (χ0) is 14.3. The second kappa shape index (κ2) is 7.17. The third-order valence-electron chi connectivity index (χ3n) is 2.71. The van der Waals surface area contributed by atoms with Gasteiger partial charge in [0.2, 0.25) is 10.0 Å². The number of unbranched alkanes of at least 4 members (excludes halogenated alkanes) is 2. The summed E-state index contributed by atoms with van der Waals surface area (Å²) in [5, 5.41) is 3.23. The number of hydrogen-bond donors (Lipinski definition) is 1. The number of terminal acetylenes is 1. The molecule has 0 saturated heterocycles. The molecule has 1 aromatic rings. The summed E-state index contributed by atoms with van der Waals surface area (Å²) in [7, 11) is -0.301. The molecule has 0 fully saturated rings. The first-order valence-electron chi connectivity index (χ1n) is 6.18. The number of anilines is 1. The van der Waals surface area contributed by atoms with Gasteiger partial charge in [-0.1, -0.05) is 0 Å². The molecule has 0 aliphatic heterocycles. The summed E-state index contributed by atoms with van der Waals surface area (Å²) >= 11 is 0. The van der Waals surface area contributed by atoms with E-state index in [-0.39, 0.29) is 0 Å². The van der Waals surface area contributed by atoms with Crippen LogP contribution in [0.3, 0.4) is 0 Å². The average molecular weight is 280 g/mol. The quantitative estimate of drug-likeness (QED) is 0.615. The van der Waals surface area contributed by atoms with Crippen LogP contribution >= 0.6 is 0 Å². The highest BCUT2D eigenvalue weighted by Gasteiger charge is 2.16. The molecular formula is C14H20N2O2S. The summed E-state index contributed by atoms with van der Waals surface area (Å²) in [6, 6.07) is 6.77. The van der Waals surface area contributed by atoms with Crippen LogP contribution in [-0.2, 0) is 10.0 Å². The fourth-order valence-corrected chi connectivity index (χ4v) is 2.44. The Balaban J connectivity index is 2.56. The summed E-state index contributed by atoms with van der Waals surface area (Å²) in [5.74, 6) is 2.60. The lowest BCUT2D eigenvalue weighted by atomic mass is 10.2. The molecule has 0 aliphatic carbocycles. The number of rotatable bonds is 7. The van der Waals surface area contributed by atoms with Crippen LogP contribution in [0.15, 0.2) is 29.2 Å². The van der Waals surface area contributed by atoms with E-state index in [4.69, 9.17) is 6.42 Å². The molecule has 0 amide bonds. The Morgan fingerprint density at radius 1 is 1.21 bits per heavy atom. The van der Waals surface area contributed by atoms with E-state index in [2.05, 4.69) is 11.2 Å². The van der Waals surface area contributed by atoms with E-state index >= 15 is 0 Å². The van der Waals surface area contributed by atoms with E-state index in [1.165, 1.54) is 18.4 Å². The van der Waals surface area contributed by atoms with Crippen LogP contribution in [-0.4, -0.2) is 33.4 Å². The maximum Gasteiger partial charge on any atom is 0.242 e. The number of nitrogens with zero attached hydrogens (tertiary/aromatic N) is 1. The number of hydrogen-bond acceptors (Lipinski definition) is 3. The number of nitrogens with one attached hydrogen (secondary N) is 1. The van der Waals surface area contributed by atoms with Gasteiger partial charge in [0.15, 0.2) is 0 Å². The monoisotopic (exact) mass is 280 g/mol. The van der Waals surface area contributed by atoms with E-state index < -0.39 is 10.0 Å². The Morgan fingerprint density at radius 2 is 1.84 bits per heavy atom. The highest BCUT2D eigenvalue weighted by Crippen LogP contribution is 2.16. The van der Waals surface area contributed by atoms with Crippen molar-refractivity contribution >= 4 is 15.7 Å². The highest BCUT2D eigenvalue weighted by molar-refractivity contribution is 7.89. The zero-order valence-electron chi connectivity index (χ0n) is 11.4. The fraction of sp³-hybridized carbons (Fsp3) is 0.429. The molecule has 0 aliphatic rings. The molecule has 0 spiro atoms. The number of sulfonamides is 1. The van der Waals surface area contributed by atoms with E-state index in [0.717, 1.165) is 31.5 Å². The van der Waals surface area contributed by atoms with Gasteiger partial charge >= 0.3 is 0 Å². The Kier molecular flexibility index (Phi) is 5.87. The summed E-state index contributed by atoms with van der Waals surface area (Å²) in [5.41, 5.74) is 0.915. The molecular weight excluding hydrogens is 260 g/mol. The van der Waals surface area contributed by atoms with Crippen LogP contribution in [0.2, 0.25) is 0 Å². The lowest BCUT2D eigenvalue weighted by Gasteiger charge is -2.12. The maximum atomic E-state index is 11.9. The lowest BCUT2D eigenvalue weighted by Crippen LogP contribution is -2.22. The van der Waals surface area contributed by atoms with Crippen molar-refractivity contribution in [2.24, 2.45) is 0 Å². The Bertz CT molecular complexity index is 528. The molecule has 0 unspecified atom stereocenters. The van der Waals surface area contributed by atoms with Gasteiger partial charge < -0.3 is 5.32 Å². The summed E-state index contributed by atoms with van der Waals surface area (Å²) in [4.78, 5) is 0.301. The zero-order valence-corrected chi connectivity index (χ0v) is 12.2. The predicted octanol–water partition coefficient (Wildman–Crippen LogP) is 2.15. The van der Waals surface area contributed by atoms with Crippen molar-refractivity contribution in [2.75, 3.05) is 26.0 Å². The van der Waals surface area contributed by atoms with Crippen molar-refractivity contribution in [2.45, 2.75) is 24.2 Å². The first-order chi connectivity index (χ1) is 8.98. The third kappa shape index (κ3) is 4.58. The highest BCUT2D eigenvalue weighted by atomic mass is 32.2. The molecule has 0 bridgehead atoms. The summed E-state index contributed by atoms with van der Waals surface area (Å²) in [6.45, 7) is 0.835. The molecule has 0 aromatic heterocycles. The smallest absolute Gasteiger partial charge is 0.242 e. The van der Waals surface area contributed by atoms with Crippen molar-refractivity contribution < 1.29 is 8.42 Å². The average Bonchev–Trinajstić information content (AvgIpc) is 2.39. The molecule has 0 saturated carbocycles. The standard InChI is InChI=1S/C14H20N2O2S/c1-4-5-6-7-12-15-13-8-10-14(11-9-13)19(17,18)16(2)3/h1,8-11,15H,5-7,12H2,2-3H3. The van der Waals surface area contributed by atoms with Crippen molar-refractivity contribution in [3.63, 3.8) is 0 Å². The summed E-state index contributed by atoms with van der Waals surface area (Å²) < 4.78 is 24.9. The Morgan fingerprint density at radius 3 is 2.37 bits per heavy atom. The van der Waals surface area contributed by atoms with Crippen LogP contribution in [0, 0.1) is 12.3 Å². The largest absolute Gasteiger partial charge is 0.385 e. The Hall–Kier alpha value is -1.51. The van der Waals surface area contributed by atoms with Crippen LogP contribution in [0.4, 0.5) is 5.69 Å². The van der Waals surface area contributed by atoms with E-state index in [1.807, 2.05) is 0 Å². The van der Waals surface area contributed by atoms with E-state index in [0.29, 0.717) is 4.90 Å². The van der Waals surface area contributed by atoms with Crippen LogP contribution in [0.1, 0.15) is 19.3 Å².